The molecule has 1 aliphatic heterocycles. The number of likely N-dealkylation sites (tertiary alicyclic amines) is 1. The summed E-state index contributed by atoms with van der Waals surface area (Å²) in [5.41, 5.74) is 1.16. The zero-order valence-electron chi connectivity index (χ0n) is 12.8. The van der Waals surface area contributed by atoms with Gasteiger partial charge in [0, 0.05) is 32.8 Å². The average molecular weight is 275 g/mol. The van der Waals surface area contributed by atoms with Crippen LogP contribution in [0.2, 0.25) is 0 Å². The predicted octanol–water partition coefficient (Wildman–Crippen LogP) is 3.00. The summed E-state index contributed by atoms with van der Waals surface area (Å²) < 4.78 is 0. The topological polar surface area (TPSA) is 36.4 Å². The SMILES string of the molecule is CCN(CC)c1ccc([C@H]2CCCCN2C(C)=O)cn1. The summed E-state index contributed by atoms with van der Waals surface area (Å²) in [6.07, 6.45) is 5.29. The van der Waals surface area contributed by atoms with Gasteiger partial charge in [-0.25, -0.2) is 4.98 Å². The van der Waals surface area contributed by atoms with E-state index in [4.69, 9.17) is 0 Å². The number of rotatable bonds is 4. The third-order valence-corrected chi connectivity index (χ3v) is 4.15. The minimum atomic E-state index is 0.169. The van der Waals surface area contributed by atoms with Gasteiger partial charge in [0.15, 0.2) is 0 Å². The van der Waals surface area contributed by atoms with Gasteiger partial charge in [-0.3, -0.25) is 4.79 Å². The van der Waals surface area contributed by atoms with Crippen LogP contribution in [0.3, 0.4) is 0 Å². The molecule has 0 spiro atoms. The average Bonchev–Trinajstić information content (AvgIpc) is 2.49. The molecule has 20 heavy (non-hydrogen) atoms. The molecule has 1 amide bonds. The van der Waals surface area contributed by atoms with Gasteiger partial charge in [0.2, 0.25) is 5.91 Å². The summed E-state index contributed by atoms with van der Waals surface area (Å²) in [6.45, 7) is 8.74. The van der Waals surface area contributed by atoms with Gasteiger partial charge in [-0.15, -0.1) is 0 Å². The summed E-state index contributed by atoms with van der Waals surface area (Å²) in [5, 5.41) is 0. The predicted molar refractivity (Wildman–Crippen MR) is 81.8 cm³/mol. The first kappa shape index (κ1) is 14.8. The second kappa shape index (κ2) is 6.73. The van der Waals surface area contributed by atoms with E-state index in [0.29, 0.717) is 0 Å². The number of pyridine rings is 1. The maximum Gasteiger partial charge on any atom is 0.219 e. The number of nitrogens with zero attached hydrogens (tertiary/aromatic N) is 3. The Labute approximate surface area is 121 Å². The molecule has 2 rings (SSSR count). The highest BCUT2D eigenvalue weighted by Crippen LogP contribution is 2.31. The van der Waals surface area contributed by atoms with E-state index in [-0.39, 0.29) is 11.9 Å². The standard InChI is InChI=1S/C16H25N3O/c1-4-18(5-2)16-10-9-14(12-17-16)15-8-6-7-11-19(15)13(3)20/h9-10,12,15H,4-8,11H2,1-3H3/t15-/m1/s1. The van der Waals surface area contributed by atoms with Crippen LogP contribution < -0.4 is 4.90 Å². The molecule has 0 saturated carbocycles. The van der Waals surface area contributed by atoms with Crippen molar-refractivity contribution >= 4 is 11.7 Å². The Hall–Kier alpha value is -1.58. The molecule has 0 aromatic carbocycles. The maximum absolute atomic E-state index is 11.7. The lowest BCUT2D eigenvalue weighted by Crippen LogP contribution is -2.37. The van der Waals surface area contributed by atoms with Gasteiger partial charge >= 0.3 is 0 Å². The lowest BCUT2D eigenvalue weighted by atomic mass is 9.96. The fourth-order valence-corrected chi connectivity index (χ4v) is 2.98. The Balaban J connectivity index is 2.17. The van der Waals surface area contributed by atoms with E-state index in [1.54, 1.807) is 6.92 Å². The smallest absolute Gasteiger partial charge is 0.219 e. The van der Waals surface area contributed by atoms with Crippen LogP contribution in [0.5, 0.6) is 0 Å². The first-order valence-electron chi connectivity index (χ1n) is 7.65. The molecule has 0 aliphatic carbocycles. The van der Waals surface area contributed by atoms with E-state index >= 15 is 0 Å². The number of hydrogen-bond donors (Lipinski definition) is 0. The van der Waals surface area contributed by atoms with E-state index in [0.717, 1.165) is 43.9 Å². The fraction of sp³-hybridized carbons (Fsp3) is 0.625. The molecule has 0 radical (unpaired) electrons. The van der Waals surface area contributed by atoms with Crippen molar-refractivity contribution in [1.29, 1.82) is 0 Å². The van der Waals surface area contributed by atoms with Gasteiger partial charge in [-0.1, -0.05) is 6.07 Å². The van der Waals surface area contributed by atoms with E-state index in [1.807, 2.05) is 11.1 Å². The van der Waals surface area contributed by atoms with Gasteiger partial charge < -0.3 is 9.80 Å². The minimum Gasteiger partial charge on any atom is -0.357 e. The first-order valence-corrected chi connectivity index (χ1v) is 7.65. The highest BCUT2D eigenvalue weighted by molar-refractivity contribution is 5.74. The number of carbonyl (C=O) groups is 1. The maximum atomic E-state index is 11.7. The van der Waals surface area contributed by atoms with Crippen LogP contribution in [-0.2, 0) is 4.79 Å². The van der Waals surface area contributed by atoms with E-state index in [9.17, 15) is 4.79 Å². The Morgan fingerprint density at radius 1 is 1.35 bits per heavy atom. The van der Waals surface area contributed by atoms with Crippen LogP contribution in [0.4, 0.5) is 5.82 Å². The minimum absolute atomic E-state index is 0.169. The van der Waals surface area contributed by atoms with E-state index in [1.165, 1.54) is 6.42 Å². The van der Waals surface area contributed by atoms with Crippen molar-refractivity contribution in [3.05, 3.63) is 23.9 Å². The molecule has 1 fully saturated rings. The molecule has 4 heteroatoms. The van der Waals surface area contributed by atoms with Gasteiger partial charge in [0.1, 0.15) is 5.82 Å². The molecule has 0 unspecified atom stereocenters. The highest BCUT2D eigenvalue weighted by atomic mass is 16.2. The normalized spacial score (nSPS) is 18.9. The number of hydrogen-bond acceptors (Lipinski definition) is 3. The molecule has 4 nitrogen and oxygen atoms in total. The van der Waals surface area contributed by atoms with Crippen molar-refractivity contribution in [1.82, 2.24) is 9.88 Å². The Kier molecular flexibility index (Phi) is 4.99. The molecule has 1 atom stereocenters. The Morgan fingerprint density at radius 3 is 2.65 bits per heavy atom. The number of aromatic nitrogens is 1. The third kappa shape index (κ3) is 3.11. The molecule has 1 aromatic rings. The first-order chi connectivity index (χ1) is 9.67. The van der Waals surface area contributed by atoms with Crippen molar-refractivity contribution in [2.75, 3.05) is 24.5 Å². The quantitative estimate of drug-likeness (QED) is 0.847. The lowest BCUT2D eigenvalue weighted by molar-refractivity contribution is -0.132. The highest BCUT2D eigenvalue weighted by Gasteiger charge is 2.26. The van der Waals surface area contributed by atoms with Crippen LogP contribution in [-0.4, -0.2) is 35.4 Å². The largest absolute Gasteiger partial charge is 0.357 e. The number of piperidine rings is 1. The summed E-state index contributed by atoms with van der Waals surface area (Å²) in [5.74, 6) is 1.19. The molecule has 0 N–H and O–H groups in total. The van der Waals surface area contributed by atoms with Crippen LogP contribution in [0.25, 0.3) is 0 Å². The van der Waals surface area contributed by atoms with Crippen LogP contribution in [0, 0.1) is 0 Å². The van der Waals surface area contributed by atoms with Gasteiger partial charge in [-0.05, 0) is 44.7 Å². The second-order valence-corrected chi connectivity index (χ2v) is 5.35. The molecule has 2 heterocycles. The van der Waals surface area contributed by atoms with E-state index < -0.39 is 0 Å². The van der Waals surface area contributed by atoms with Crippen LogP contribution in [0.15, 0.2) is 18.3 Å². The molecule has 1 saturated heterocycles. The fourth-order valence-electron chi connectivity index (χ4n) is 2.98. The molecule has 0 bridgehead atoms. The summed E-state index contributed by atoms with van der Waals surface area (Å²) in [4.78, 5) is 20.5. The third-order valence-electron chi connectivity index (χ3n) is 4.15. The zero-order valence-corrected chi connectivity index (χ0v) is 12.8. The number of anilines is 1. The van der Waals surface area contributed by atoms with Crippen molar-refractivity contribution in [3.63, 3.8) is 0 Å². The van der Waals surface area contributed by atoms with Crippen molar-refractivity contribution in [3.8, 4) is 0 Å². The molecule has 1 aromatic heterocycles. The summed E-state index contributed by atoms with van der Waals surface area (Å²) in [7, 11) is 0. The molecular formula is C16H25N3O. The lowest BCUT2D eigenvalue weighted by Gasteiger charge is -2.35. The van der Waals surface area contributed by atoms with Crippen molar-refractivity contribution in [2.24, 2.45) is 0 Å². The molecule has 1 aliphatic rings. The van der Waals surface area contributed by atoms with Crippen LogP contribution in [0.1, 0.15) is 51.6 Å². The number of carbonyl (C=O) groups excluding carboxylic acids is 1. The van der Waals surface area contributed by atoms with Gasteiger partial charge in [-0.2, -0.15) is 0 Å². The number of amides is 1. The van der Waals surface area contributed by atoms with Crippen LogP contribution >= 0.6 is 0 Å². The van der Waals surface area contributed by atoms with Crippen molar-refractivity contribution in [2.45, 2.75) is 46.1 Å². The zero-order chi connectivity index (χ0) is 14.5. The molecule has 110 valence electrons. The Bertz CT molecular complexity index is 440. The van der Waals surface area contributed by atoms with Gasteiger partial charge in [0.05, 0.1) is 6.04 Å². The van der Waals surface area contributed by atoms with Gasteiger partial charge in [0.25, 0.3) is 0 Å². The monoisotopic (exact) mass is 275 g/mol. The second-order valence-electron chi connectivity index (χ2n) is 5.35. The Morgan fingerprint density at radius 2 is 2.10 bits per heavy atom. The molecular weight excluding hydrogens is 250 g/mol. The summed E-state index contributed by atoms with van der Waals surface area (Å²) >= 11 is 0. The van der Waals surface area contributed by atoms with E-state index in [2.05, 4.69) is 35.9 Å². The summed E-state index contributed by atoms with van der Waals surface area (Å²) in [6, 6.07) is 4.42. The van der Waals surface area contributed by atoms with Crippen molar-refractivity contribution < 1.29 is 4.79 Å².